The largest absolute Gasteiger partial charge is 0.298 e. The van der Waals surface area contributed by atoms with Crippen LogP contribution < -0.4 is 5.32 Å². The van der Waals surface area contributed by atoms with E-state index in [1.54, 1.807) is 12.1 Å². The molecule has 0 fully saturated rings. The molecule has 0 aliphatic rings. The first kappa shape index (κ1) is 16.6. The molecule has 5 nitrogen and oxygen atoms in total. The summed E-state index contributed by atoms with van der Waals surface area (Å²) in [6, 6.07) is 10.2. The lowest BCUT2D eigenvalue weighted by Gasteiger charge is -2.06. The topological polar surface area (TPSA) is 76.1 Å². The van der Waals surface area contributed by atoms with E-state index in [1.165, 1.54) is 23.5 Å². The number of fused-ring (bicyclic) bond motifs is 1. The van der Waals surface area contributed by atoms with Gasteiger partial charge < -0.3 is 0 Å². The van der Waals surface area contributed by atoms with Crippen LogP contribution in [-0.4, -0.2) is 25.6 Å². The number of carbonyl (C=O) groups is 1. The molecule has 1 aromatic heterocycles. The molecule has 0 bridgehead atoms. The summed E-state index contributed by atoms with van der Waals surface area (Å²) in [4.78, 5) is 16.9. The fraction of sp³-hybridized carbons (Fsp3) is 0.176. The van der Waals surface area contributed by atoms with Crippen LogP contribution in [0.15, 0.2) is 41.3 Å². The normalized spacial score (nSPS) is 11.6. The Morgan fingerprint density at radius 3 is 2.58 bits per heavy atom. The van der Waals surface area contributed by atoms with Crippen LogP contribution in [0.2, 0.25) is 0 Å². The molecule has 0 radical (unpaired) electrons. The van der Waals surface area contributed by atoms with Gasteiger partial charge in [-0.05, 0) is 43.2 Å². The number of amides is 1. The third kappa shape index (κ3) is 3.18. The maximum absolute atomic E-state index is 12.5. The number of aryl methyl sites for hydroxylation is 2. The van der Waals surface area contributed by atoms with E-state index in [0.29, 0.717) is 5.13 Å². The molecular weight excluding hydrogens is 344 g/mol. The van der Waals surface area contributed by atoms with Gasteiger partial charge in [0.25, 0.3) is 5.91 Å². The summed E-state index contributed by atoms with van der Waals surface area (Å²) in [6.45, 7) is 3.99. The summed E-state index contributed by atoms with van der Waals surface area (Å²) in [7, 11) is -3.49. The zero-order valence-corrected chi connectivity index (χ0v) is 15.1. The molecule has 1 heterocycles. The monoisotopic (exact) mass is 360 g/mol. The van der Waals surface area contributed by atoms with E-state index in [0.717, 1.165) is 27.6 Å². The number of sulfone groups is 1. The van der Waals surface area contributed by atoms with E-state index >= 15 is 0 Å². The average molecular weight is 360 g/mol. The van der Waals surface area contributed by atoms with Crippen molar-refractivity contribution in [1.29, 1.82) is 0 Å². The smallest absolute Gasteiger partial charge is 0.258 e. The van der Waals surface area contributed by atoms with Crippen molar-refractivity contribution < 1.29 is 13.2 Å². The van der Waals surface area contributed by atoms with Crippen LogP contribution in [-0.2, 0) is 9.84 Å². The van der Waals surface area contributed by atoms with Gasteiger partial charge in [0.2, 0.25) is 0 Å². The molecule has 7 heteroatoms. The number of thiazole rings is 1. The Bertz CT molecular complexity index is 1050. The summed E-state index contributed by atoms with van der Waals surface area (Å²) >= 11 is 1.38. The number of nitrogens with zero attached hydrogens (tertiary/aromatic N) is 1. The van der Waals surface area contributed by atoms with Crippen LogP contribution in [0.3, 0.4) is 0 Å². The second-order valence-electron chi connectivity index (χ2n) is 5.67. The predicted molar refractivity (Wildman–Crippen MR) is 96.6 cm³/mol. The van der Waals surface area contributed by atoms with E-state index in [2.05, 4.69) is 16.4 Å². The Morgan fingerprint density at radius 2 is 1.88 bits per heavy atom. The predicted octanol–water partition coefficient (Wildman–Crippen LogP) is 3.57. The van der Waals surface area contributed by atoms with E-state index in [-0.39, 0.29) is 10.5 Å². The van der Waals surface area contributed by atoms with Gasteiger partial charge in [-0.3, -0.25) is 10.1 Å². The average Bonchev–Trinajstić information content (AvgIpc) is 2.89. The van der Waals surface area contributed by atoms with Gasteiger partial charge in [0.1, 0.15) is 0 Å². The number of rotatable bonds is 3. The number of carbonyl (C=O) groups excluding carboxylic acids is 1. The highest BCUT2D eigenvalue weighted by Gasteiger charge is 2.19. The van der Waals surface area contributed by atoms with Crippen LogP contribution in [0.1, 0.15) is 21.5 Å². The number of nitrogens with one attached hydrogen (secondary N) is 1. The number of aromatic nitrogens is 1. The highest BCUT2D eigenvalue weighted by atomic mass is 32.2. The van der Waals surface area contributed by atoms with Crippen molar-refractivity contribution in [3.8, 4) is 0 Å². The Labute approximate surface area is 144 Å². The maximum atomic E-state index is 12.5. The van der Waals surface area contributed by atoms with Gasteiger partial charge in [-0.1, -0.05) is 29.5 Å². The first-order chi connectivity index (χ1) is 11.3. The molecule has 0 aliphatic heterocycles. The Morgan fingerprint density at radius 1 is 1.17 bits per heavy atom. The van der Waals surface area contributed by atoms with Gasteiger partial charge in [-0.2, -0.15) is 0 Å². The van der Waals surface area contributed by atoms with Gasteiger partial charge in [0.05, 0.1) is 20.7 Å². The summed E-state index contributed by atoms with van der Waals surface area (Å²) in [6.07, 6.45) is 1.09. The van der Waals surface area contributed by atoms with Crippen molar-refractivity contribution in [3.05, 3.63) is 53.1 Å². The molecule has 2 aromatic carbocycles. The van der Waals surface area contributed by atoms with Crippen molar-refractivity contribution in [2.24, 2.45) is 0 Å². The molecule has 0 aliphatic carbocycles. The van der Waals surface area contributed by atoms with Gasteiger partial charge >= 0.3 is 0 Å². The van der Waals surface area contributed by atoms with E-state index in [4.69, 9.17) is 0 Å². The third-order valence-corrected chi connectivity index (χ3v) is 5.85. The Hall–Kier alpha value is -2.25. The highest BCUT2D eigenvalue weighted by molar-refractivity contribution is 7.90. The van der Waals surface area contributed by atoms with Crippen molar-refractivity contribution in [2.75, 3.05) is 11.6 Å². The van der Waals surface area contributed by atoms with Gasteiger partial charge in [0.15, 0.2) is 15.0 Å². The zero-order valence-electron chi connectivity index (χ0n) is 13.5. The van der Waals surface area contributed by atoms with Crippen LogP contribution in [0, 0.1) is 13.8 Å². The minimum Gasteiger partial charge on any atom is -0.298 e. The molecule has 0 saturated heterocycles. The molecular formula is C17H16N2O3S2. The minimum absolute atomic E-state index is 0.00985. The van der Waals surface area contributed by atoms with Crippen molar-refractivity contribution >= 4 is 42.4 Å². The summed E-state index contributed by atoms with van der Waals surface area (Å²) in [5, 5.41) is 3.16. The lowest BCUT2D eigenvalue weighted by atomic mass is 10.1. The Balaban J connectivity index is 1.98. The third-order valence-electron chi connectivity index (χ3n) is 3.57. The molecule has 0 unspecified atom stereocenters. The number of benzene rings is 2. The van der Waals surface area contributed by atoms with E-state index in [9.17, 15) is 13.2 Å². The van der Waals surface area contributed by atoms with Crippen LogP contribution in [0.4, 0.5) is 5.13 Å². The first-order valence-corrected chi connectivity index (χ1v) is 9.95. The van der Waals surface area contributed by atoms with Gasteiger partial charge in [-0.15, -0.1) is 0 Å². The van der Waals surface area contributed by atoms with Crippen molar-refractivity contribution in [1.82, 2.24) is 4.98 Å². The molecule has 1 N–H and O–H groups in total. The second kappa shape index (κ2) is 5.99. The number of hydrogen-bond acceptors (Lipinski definition) is 5. The van der Waals surface area contributed by atoms with Gasteiger partial charge in [-0.25, -0.2) is 13.4 Å². The fourth-order valence-electron chi connectivity index (χ4n) is 2.57. The molecule has 24 heavy (non-hydrogen) atoms. The summed E-state index contributed by atoms with van der Waals surface area (Å²) < 4.78 is 24.7. The molecule has 0 spiro atoms. The number of anilines is 1. The lowest BCUT2D eigenvalue weighted by molar-refractivity contribution is 0.102. The molecule has 0 atom stereocenters. The molecule has 124 valence electrons. The zero-order chi connectivity index (χ0) is 17.5. The lowest BCUT2D eigenvalue weighted by Crippen LogP contribution is -2.15. The maximum Gasteiger partial charge on any atom is 0.258 e. The summed E-state index contributed by atoms with van der Waals surface area (Å²) in [5.41, 5.74) is 3.14. The summed E-state index contributed by atoms with van der Waals surface area (Å²) in [5.74, 6) is -0.482. The molecule has 3 rings (SSSR count). The van der Waals surface area contributed by atoms with Crippen molar-refractivity contribution in [3.63, 3.8) is 0 Å². The molecule has 0 saturated carbocycles. The SMILES string of the molecule is Cc1cc(C)c2sc(NC(=O)c3ccccc3S(C)(=O)=O)nc2c1. The fourth-order valence-corrected chi connectivity index (χ4v) is 4.37. The second-order valence-corrected chi connectivity index (χ2v) is 8.65. The standard InChI is InChI=1S/C17H16N2O3S2/c1-10-8-11(2)15-13(9-10)18-17(23-15)19-16(20)12-6-4-5-7-14(12)24(3,21)22/h4-9H,1-3H3,(H,18,19,20). The van der Waals surface area contributed by atoms with E-state index < -0.39 is 15.7 Å². The quantitative estimate of drug-likeness (QED) is 0.775. The molecule has 3 aromatic rings. The van der Waals surface area contributed by atoms with Crippen molar-refractivity contribution in [2.45, 2.75) is 18.7 Å². The van der Waals surface area contributed by atoms with E-state index in [1.807, 2.05) is 19.9 Å². The first-order valence-electron chi connectivity index (χ1n) is 7.24. The Kier molecular flexibility index (Phi) is 4.15. The minimum atomic E-state index is -3.49. The van der Waals surface area contributed by atoms with Gasteiger partial charge in [0, 0.05) is 6.26 Å². The molecule has 1 amide bonds. The highest BCUT2D eigenvalue weighted by Crippen LogP contribution is 2.30. The van der Waals surface area contributed by atoms with Crippen LogP contribution >= 0.6 is 11.3 Å². The van der Waals surface area contributed by atoms with Crippen LogP contribution in [0.25, 0.3) is 10.2 Å². The number of hydrogen-bond donors (Lipinski definition) is 1. The van der Waals surface area contributed by atoms with Crippen LogP contribution in [0.5, 0.6) is 0 Å².